The molecule has 0 unspecified atom stereocenters. The molecule has 17 heavy (non-hydrogen) atoms. The van der Waals surface area contributed by atoms with E-state index in [1.807, 2.05) is 42.6 Å². The highest BCUT2D eigenvalue weighted by Gasteiger charge is 1.90. The van der Waals surface area contributed by atoms with Gasteiger partial charge < -0.3 is 5.73 Å². The van der Waals surface area contributed by atoms with Crippen LogP contribution >= 0.6 is 0 Å². The molecule has 0 fully saturated rings. The Morgan fingerprint density at radius 1 is 0.941 bits per heavy atom. The second-order valence-electron chi connectivity index (χ2n) is 3.73. The van der Waals surface area contributed by atoms with Crippen molar-refractivity contribution in [3.63, 3.8) is 0 Å². The maximum Gasteiger partial charge on any atom is 0.0400 e. The van der Waals surface area contributed by atoms with Gasteiger partial charge in [-0.2, -0.15) is 0 Å². The highest BCUT2D eigenvalue weighted by atomic mass is 14.6. The second kappa shape index (κ2) is 7.44. The van der Waals surface area contributed by atoms with Crippen LogP contribution in [0.25, 0.3) is 0 Å². The van der Waals surface area contributed by atoms with Crippen molar-refractivity contribution in [2.75, 3.05) is 5.73 Å². The van der Waals surface area contributed by atoms with Gasteiger partial charge in [0.25, 0.3) is 0 Å². The van der Waals surface area contributed by atoms with E-state index in [4.69, 9.17) is 5.73 Å². The Morgan fingerprint density at radius 3 is 2.06 bits per heavy atom. The van der Waals surface area contributed by atoms with Gasteiger partial charge in [-0.15, -0.1) is 0 Å². The van der Waals surface area contributed by atoms with E-state index in [1.54, 1.807) is 0 Å². The van der Waals surface area contributed by atoms with Crippen LogP contribution in [0, 0.1) is 0 Å². The lowest BCUT2D eigenvalue weighted by Gasteiger charge is -1.98. The van der Waals surface area contributed by atoms with Crippen LogP contribution in [0.4, 0.5) is 5.69 Å². The predicted molar refractivity (Wildman–Crippen MR) is 73.8 cm³/mol. The number of aryl methyl sites for hydroxylation is 2. The van der Waals surface area contributed by atoms with Gasteiger partial charge in [0.15, 0.2) is 0 Å². The van der Waals surface area contributed by atoms with Gasteiger partial charge in [-0.05, 0) is 36.6 Å². The third-order valence-corrected chi connectivity index (χ3v) is 2.52. The average Bonchev–Trinajstić information content (AvgIpc) is 2.41. The van der Waals surface area contributed by atoms with Crippen molar-refractivity contribution in [3.8, 4) is 0 Å². The first-order chi connectivity index (χ1) is 8.27. The Balaban J connectivity index is 0.000000171. The Hall–Kier alpha value is -1.83. The first kappa shape index (κ1) is 13.2. The van der Waals surface area contributed by atoms with Crippen molar-refractivity contribution >= 4 is 5.69 Å². The fourth-order valence-corrected chi connectivity index (χ4v) is 1.46. The van der Waals surface area contributed by atoms with Crippen molar-refractivity contribution in [2.45, 2.75) is 26.7 Å². The molecule has 90 valence electrons. The van der Waals surface area contributed by atoms with Crippen molar-refractivity contribution < 1.29 is 0 Å². The molecule has 1 heterocycles. The van der Waals surface area contributed by atoms with Gasteiger partial charge >= 0.3 is 0 Å². The quantitative estimate of drug-likeness (QED) is 0.799. The van der Waals surface area contributed by atoms with E-state index in [1.165, 1.54) is 5.56 Å². The fourth-order valence-electron chi connectivity index (χ4n) is 1.46. The minimum Gasteiger partial charge on any atom is -0.399 e. The van der Waals surface area contributed by atoms with Gasteiger partial charge in [0.05, 0.1) is 0 Å². The minimum atomic E-state index is 0.903. The van der Waals surface area contributed by atoms with Crippen LogP contribution in [0.15, 0.2) is 48.7 Å². The number of nitrogens with two attached hydrogens (primary N) is 1. The van der Waals surface area contributed by atoms with E-state index in [0.717, 1.165) is 24.2 Å². The number of rotatable bonds is 2. The third kappa shape index (κ3) is 4.68. The number of benzene rings is 1. The molecule has 0 atom stereocenters. The molecule has 0 aliphatic heterocycles. The molecule has 2 heteroatoms. The van der Waals surface area contributed by atoms with E-state index in [-0.39, 0.29) is 0 Å². The zero-order valence-corrected chi connectivity index (χ0v) is 10.6. The average molecular weight is 228 g/mol. The molecule has 0 aliphatic carbocycles. The molecule has 1 aromatic heterocycles. The minimum absolute atomic E-state index is 0.903. The molecule has 2 rings (SSSR count). The summed E-state index contributed by atoms with van der Waals surface area (Å²) in [7, 11) is 0. The molecular weight excluding hydrogens is 208 g/mol. The van der Waals surface area contributed by atoms with Crippen molar-refractivity contribution in [3.05, 3.63) is 59.9 Å². The van der Waals surface area contributed by atoms with E-state index in [0.29, 0.717) is 0 Å². The number of para-hydroxylation sites is 1. The van der Waals surface area contributed by atoms with Crippen LogP contribution in [-0.2, 0) is 12.8 Å². The summed E-state index contributed by atoms with van der Waals surface area (Å²) in [6, 6.07) is 13.9. The monoisotopic (exact) mass is 228 g/mol. The highest BCUT2D eigenvalue weighted by molar-refractivity contribution is 5.46. The normalized spacial score (nSPS) is 9.29. The van der Waals surface area contributed by atoms with Gasteiger partial charge in [-0.25, -0.2) is 0 Å². The first-order valence-corrected chi connectivity index (χ1v) is 6.01. The topological polar surface area (TPSA) is 38.9 Å². The van der Waals surface area contributed by atoms with Gasteiger partial charge in [-0.1, -0.05) is 38.1 Å². The number of pyridine rings is 1. The summed E-state index contributed by atoms with van der Waals surface area (Å²) in [6.07, 6.45) is 3.87. The summed E-state index contributed by atoms with van der Waals surface area (Å²) < 4.78 is 0. The maximum absolute atomic E-state index is 5.63. The van der Waals surface area contributed by atoms with Crippen molar-refractivity contribution in [1.29, 1.82) is 0 Å². The van der Waals surface area contributed by atoms with Gasteiger partial charge in [-0.3, -0.25) is 4.98 Å². The maximum atomic E-state index is 5.63. The smallest absolute Gasteiger partial charge is 0.0400 e. The van der Waals surface area contributed by atoms with Crippen molar-refractivity contribution in [1.82, 2.24) is 4.98 Å². The van der Waals surface area contributed by atoms with E-state index in [2.05, 4.69) is 24.9 Å². The predicted octanol–water partition coefficient (Wildman–Crippen LogP) is 3.48. The zero-order valence-electron chi connectivity index (χ0n) is 10.6. The Morgan fingerprint density at radius 2 is 1.65 bits per heavy atom. The van der Waals surface area contributed by atoms with E-state index in [9.17, 15) is 0 Å². The number of nitrogen functional groups attached to an aromatic ring is 1. The summed E-state index contributed by atoms with van der Waals surface area (Å²) in [5.74, 6) is 0. The molecule has 0 aliphatic rings. The zero-order chi connectivity index (χ0) is 12.5. The number of hydrogen-bond donors (Lipinski definition) is 1. The number of anilines is 1. The highest BCUT2D eigenvalue weighted by Crippen LogP contribution is 2.09. The molecule has 1 aromatic carbocycles. The number of aromatic nitrogens is 1. The molecule has 0 amide bonds. The molecule has 0 radical (unpaired) electrons. The van der Waals surface area contributed by atoms with E-state index < -0.39 is 0 Å². The summed E-state index contributed by atoms with van der Waals surface area (Å²) in [5.41, 5.74) is 8.93. The lowest BCUT2D eigenvalue weighted by atomic mass is 10.1. The summed E-state index contributed by atoms with van der Waals surface area (Å²) in [4.78, 5) is 4.10. The Kier molecular flexibility index (Phi) is 5.80. The summed E-state index contributed by atoms with van der Waals surface area (Å²) in [5, 5.41) is 0. The summed E-state index contributed by atoms with van der Waals surface area (Å²) >= 11 is 0. The van der Waals surface area contributed by atoms with Crippen molar-refractivity contribution in [2.24, 2.45) is 0 Å². The number of hydrogen-bond acceptors (Lipinski definition) is 2. The molecule has 2 N–H and O–H groups in total. The molecule has 0 spiro atoms. The number of nitrogens with zero attached hydrogens (tertiary/aromatic N) is 1. The largest absolute Gasteiger partial charge is 0.399 e. The SMILES string of the molecule is CCc1ccccc1N.CCc1ccccn1. The van der Waals surface area contributed by atoms with Crippen LogP contribution < -0.4 is 5.73 Å². The molecule has 0 bridgehead atoms. The summed E-state index contributed by atoms with van der Waals surface area (Å²) in [6.45, 7) is 4.20. The Labute approximate surface area is 104 Å². The molecule has 2 nitrogen and oxygen atoms in total. The third-order valence-electron chi connectivity index (χ3n) is 2.52. The lowest BCUT2D eigenvalue weighted by molar-refractivity contribution is 1.04. The van der Waals surface area contributed by atoms with Crippen LogP contribution in [0.5, 0.6) is 0 Å². The molecule has 0 saturated carbocycles. The molecular formula is C15H20N2. The van der Waals surface area contributed by atoms with Gasteiger partial charge in [0, 0.05) is 17.6 Å². The molecule has 0 saturated heterocycles. The first-order valence-electron chi connectivity index (χ1n) is 6.01. The lowest BCUT2D eigenvalue weighted by Crippen LogP contribution is -1.90. The van der Waals surface area contributed by atoms with Crippen LogP contribution in [0.2, 0.25) is 0 Å². The Bertz CT molecular complexity index is 424. The van der Waals surface area contributed by atoms with Gasteiger partial charge in [0.2, 0.25) is 0 Å². The van der Waals surface area contributed by atoms with Crippen LogP contribution in [0.1, 0.15) is 25.1 Å². The van der Waals surface area contributed by atoms with E-state index >= 15 is 0 Å². The van der Waals surface area contributed by atoms with Crippen LogP contribution in [0.3, 0.4) is 0 Å². The van der Waals surface area contributed by atoms with Crippen LogP contribution in [-0.4, -0.2) is 4.98 Å². The standard InChI is InChI=1S/C8H11N.C7H9N/c1-2-7-5-3-4-6-8(7)9;1-2-7-5-3-4-6-8-7/h3-6H,2,9H2,1H3;3-6H,2H2,1H3. The molecule has 2 aromatic rings. The van der Waals surface area contributed by atoms with Gasteiger partial charge in [0.1, 0.15) is 0 Å². The second-order valence-corrected chi connectivity index (χ2v) is 3.73. The fraction of sp³-hybridized carbons (Fsp3) is 0.267.